The molecule has 0 fully saturated rings. The molecule has 4 heteroatoms. The number of nitrogens with zero attached hydrogens (tertiary/aromatic N) is 1. The minimum atomic E-state index is -0.246. The van der Waals surface area contributed by atoms with Gasteiger partial charge in [-0.05, 0) is 19.1 Å². The van der Waals surface area contributed by atoms with Gasteiger partial charge in [0.15, 0.2) is 0 Å². The van der Waals surface area contributed by atoms with E-state index in [4.69, 9.17) is 4.74 Å². The molecule has 0 aliphatic heterocycles. The van der Waals surface area contributed by atoms with E-state index < -0.39 is 0 Å². The summed E-state index contributed by atoms with van der Waals surface area (Å²) in [5.74, 6) is 0.761. The van der Waals surface area contributed by atoms with E-state index >= 15 is 0 Å². The Balaban J connectivity index is 2.15. The van der Waals surface area contributed by atoms with Gasteiger partial charge in [-0.1, -0.05) is 18.2 Å². The van der Waals surface area contributed by atoms with Crippen LogP contribution in [0, 0.1) is 0 Å². The summed E-state index contributed by atoms with van der Waals surface area (Å²) >= 11 is 0. The molecular formula is C12H12N2O2. The Morgan fingerprint density at radius 2 is 2.06 bits per heavy atom. The van der Waals surface area contributed by atoms with Crippen LogP contribution in [0.5, 0.6) is 5.75 Å². The number of ether oxygens (including phenoxy) is 1. The third kappa shape index (κ3) is 2.48. The standard InChI is InChI=1S/C12H12N2O2/c1-9(11-7-12(15)14-8-13-11)16-10-5-3-2-4-6-10/h2-9H,1H3,(H,13,14,15)/t9-/m1/s1. The molecular weight excluding hydrogens is 204 g/mol. The maximum Gasteiger partial charge on any atom is 0.251 e. The Bertz CT molecular complexity index is 508. The van der Waals surface area contributed by atoms with Gasteiger partial charge in [-0.3, -0.25) is 4.79 Å². The molecule has 0 saturated heterocycles. The van der Waals surface area contributed by atoms with Gasteiger partial charge in [0.2, 0.25) is 0 Å². The number of nitrogens with one attached hydrogen (secondary N) is 1. The Labute approximate surface area is 92.9 Å². The van der Waals surface area contributed by atoms with Crippen molar-refractivity contribution in [2.24, 2.45) is 0 Å². The predicted octanol–water partition coefficient (Wildman–Crippen LogP) is 1.91. The summed E-state index contributed by atoms with van der Waals surface area (Å²) in [6.45, 7) is 1.86. The molecule has 82 valence electrons. The van der Waals surface area contributed by atoms with Crippen LogP contribution in [0.1, 0.15) is 18.7 Å². The summed E-state index contributed by atoms with van der Waals surface area (Å²) in [6.07, 6.45) is 1.13. The second kappa shape index (κ2) is 4.61. The summed E-state index contributed by atoms with van der Waals surface area (Å²) in [5, 5.41) is 0. The van der Waals surface area contributed by atoms with E-state index in [1.165, 1.54) is 12.4 Å². The van der Waals surface area contributed by atoms with Crippen LogP contribution in [-0.4, -0.2) is 9.97 Å². The highest BCUT2D eigenvalue weighted by molar-refractivity contribution is 5.22. The van der Waals surface area contributed by atoms with Crippen molar-refractivity contribution < 1.29 is 4.74 Å². The molecule has 1 aromatic carbocycles. The van der Waals surface area contributed by atoms with Crippen molar-refractivity contribution in [3.8, 4) is 5.75 Å². The molecule has 0 saturated carbocycles. The largest absolute Gasteiger partial charge is 0.484 e. The molecule has 0 aliphatic rings. The van der Waals surface area contributed by atoms with Crippen molar-refractivity contribution in [1.82, 2.24) is 9.97 Å². The molecule has 0 unspecified atom stereocenters. The van der Waals surface area contributed by atoms with Gasteiger partial charge in [-0.2, -0.15) is 0 Å². The fraction of sp³-hybridized carbons (Fsp3) is 0.167. The second-order valence-corrected chi connectivity index (χ2v) is 3.41. The SMILES string of the molecule is C[C@@H](Oc1ccccc1)c1cc(=O)[nH]cn1. The topological polar surface area (TPSA) is 55.0 Å². The molecule has 0 amide bonds. The summed E-state index contributed by atoms with van der Waals surface area (Å²) < 4.78 is 5.64. The zero-order valence-electron chi connectivity index (χ0n) is 8.88. The molecule has 1 heterocycles. The Morgan fingerprint density at radius 1 is 1.31 bits per heavy atom. The number of rotatable bonds is 3. The van der Waals surface area contributed by atoms with Gasteiger partial charge in [0.05, 0.1) is 12.0 Å². The van der Waals surface area contributed by atoms with Crippen molar-refractivity contribution >= 4 is 0 Å². The van der Waals surface area contributed by atoms with Crippen LogP contribution in [-0.2, 0) is 0 Å². The summed E-state index contributed by atoms with van der Waals surface area (Å²) in [5.41, 5.74) is 0.445. The molecule has 16 heavy (non-hydrogen) atoms. The average Bonchev–Trinajstić information content (AvgIpc) is 2.30. The van der Waals surface area contributed by atoms with Gasteiger partial charge >= 0.3 is 0 Å². The maximum atomic E-state index is 11.1. The molecule has 1 atom stereocenters. The molecule has 1 aromatic heterocycles. The maximum absolute atomic E-state index is 11.1. The molecule has 4 nitrogen and oxygen atoms in total. The first-order chi connectivity index (χ1) is 7.75. The minimum absolute atomic E-state index is 0.173. The molecule has 0 aliphatic carbocycles. The zero-order valence-corrected chi connectivity index (χ0v) is 8.88. The summed E-state index contributed by atoms with van der Waals surface area (Å²) in [6, 6.07) is 10.9. The van der Waals surface area contributed by atoms with Crippen LogP contribution in [0.3, 0.4) is 0 Å². The van der Waals surface area contributed by atoms with Crippen LogP contribution in [0.2, 0.25) is 0 Å². The highest BCUT2D eigenvalue weighted by Gasteiger charge is 2.08. The Hall–Kier alpha value is -2.10. The van der Waals surface area contributed by atoms with Crippen molar-refractivity contribution in [2.75, 3.05) is 0 Å². The van der Waals surface area contributed by atoms with Crippen molar-refractivity contribution in [3.05, 3.63) is 58.8 Å². The summed E-state index contributed by atoms with van der Waals surface area (Å²) in [7, 11) is 0. The lowest BCUT2D eigenvalue weighted by atomic mass is 10.2. The second-order valence-electron chi connectivity index (χ2n) is 3.41. The lowest BCUT2D eigenvalue weighted by molar-refractivity contribution is 0.221. The highest BCUT2D eigenvalue weighted by atomic mass is 16.5. The van der Waals surface area contributed by atoms with E-state index in [-0.39, 0.29) is 11.7 Å². The van der Waals surface area contributed by atoms with E-state index in [2.05, 4.69) is 9.97 Å². The van der Waals surface area contributed by atoms with Crippen LogP contribution in [0.25, 0.3) is 0 Å². The first-order valence-corrected chi connectivity index (χ1v) is 5.02. The van der Waals surface area contributed by atoms with Gasteiger partial charge in [0.1, 0.15) is 11.9 Å². The number of H-pyrrole nitrogens is 1. The molecule has 2 rings (SSSR count). The van der Waals surface area contributed by atoms with Crippen molar-refractivity contribution in [3.63, 3.8) is 0 Å². The fourth-order valence-corrected chi connectivity index (χ4v) is 1.37. The number of benzene rings is 1. The van der Waals surface area contributed by atoms with Crippen molar-refractivity contribution in [2.45, 2.75) is 13.0 Å². The van der Waals surface area contributed by atoms with Crippen molar-refractivity contribution in [1.29, 1.82) is 0 Å². The predicted molar refractivity (Wildman–Crippen MR) is 60.3 cm³/mol. The molecule has 0 radical (unpaired) electrons. The van der Waals surface area contributed by atoms with Crippen LogP contribution in [0.15, 0.2) is 47.5 Å². The molecule has 2 aromatic rings. The van der Waals surface area contributed by atoms with Gasteiger partial charge in [-0.25, -0.2) is 4.98 Å². The van der Waals surface area contributed by atoms with E-state index in [1.807, 2.05) is 37.3 Å². The number of hydrogen-bond donors (Lipinski definition) is 1. The summed E-state index contributed by atoms with van der Waals surface area (Å²) in [4.78, 5) is 17.6. The monoisotopic (exact) mass is 216 g/mol. The minimum Gasteiger partial charge on any atom is -0.484 e. The highest BCUT2D eigenvalue weighted by Crippen LogP contribution is 2.18. The van der Waals surface area contributed by atoms with Gasteiger partial charge in [0, 0.05) is 6.07 Å². The first-order valence-electron chi connectivity index (χ1n) is 5.02. The average molecular weight is 216 g/mol. The Morgan fingerprint density at radius 3 is 2.75 bits per heavy atom. The third-order valence-corrected chi connectivity index (χ3v) is 2.17. The van der Waals surface area contributed by atoms with Crippen LogP contribution in [0.4, 0.5) is 0 Å². The van der Waals surface area contributed by atoms with Gasteiger partial charge in [-0.15, -0.1) is 0 Å². The smallest absolute Gasteiger partial charge is 0.251 e. The molecule has 1 N–H and O–H groups in total. The Kier molecular flexibility index (Phi) is 3.00. The number of aromatic amines is 1. The molecule has 0 spiro atoms. The first kappa shape index (κ1) is 10.4. The van der Waals surface area contributed by atoms with Gasteiger partial charge < -0.3 is 9.72 Å². The van der Waals surface area contributed by atoms with E-state index in [0.717, 1.165) is 5.75 Å². The number of aromatic nitrogens is 2. The van der Waals surface area contributed by atoms with Gasteiger partial charge in [0.25, 0.3) is 5.56 Å². The third-order valence-electron chi connectivity index (χ3n) is 2.17. The van der Waals surface area contributed by atoms with E-state index in [1.54, 1.807) is 0 Å². The molecule has 0 bridgehead atoms. The number of para-hydroxylation sites is 1. The quantitative estimate of drug-likeness (QED) is 0.852. The number of hydrogen-bond acceptors (Lipinski definition) is 3. The van der Waals surface area contributed by atoms with Crippen LogP contribution >= 0.6 is 0 Å². The van der Waals surface area contributed by atoms with E-state index in [9.17, 15) is 4.79 Å². The van der Waals surface area contributed by atoms with E-state index in [0.29, 0.717) is 5.69 Å². The lowest BCUT2D eigenvalue weighted by Gasteiger charge is -2.13. The normalized spacial score (nSPS) is 12.1. The fourth-order valence-electron chi connectivity index (χ4n) is 1.37. The lowest BCUT2D eigenvalue weighted by Crippen LogP contribution is -2.12. The van der Waals surface area contributed by atoms with Crippen LogP contribution < -0.4 is 10.3 Å². The zero-order chi connectivity index (χ0) is 11.4.